The van der Waals surface area contributed by atoms with Crippen LogP contribution in [0.4, 0.5) is 0 Å². The van der Waals surface area contributed by atoms with Crippen LogP contribution in [-0.2, 0) is 0 Å². The first-order chi connectivity index (χ1) is 11.3. The third-order valence-electron chi connectivity index (χ3n) is 4.11. The van der Waals surface area contributed by atoms with E-state index >= 15 is 0 Å². The lowest BCUT2D eigenvalue weighted by Crippen LogP contribution is -2.27. The molecule has 1 N–H and O–H groups in total. The zero-order chi connectivity index (χ0) is 16.5. The van der Waals surface area contributed by atoms with Crippen molar-refractivity contribution in [3.63, 3.8) is 0 Å². The van der Waals surface area contributed by atoms with Crippen LogP contribution in [0.5, 0.6) is 0 Å². The predicted octanol–water partition coefficient (Wildman–Crippen LogP) is 4.53. The average Bonchev–Trinajstić information content (AvgIpc) is 2.58. The maximum absolute atomic E-state index is 12.6. The van der Waals surface area contributed by atoms with Crippen molar-refractivity contribution in [1.82, 2.24) is 5.32 Å². The Kier molecular flexibility index (Phi) is 7.05. The number of carbonyl (C=O) groups excluding carboxylic acids is 1. The van der Waals surface area contributed by atoms with Crippen molar-refractivity contribution in [3.8, 4) is 0 Å². The van der Waals surface area contributed by atoms with Crippen LogP contribution in [0.3, 0.4) is 0 Å². The summed E-state index contributed by atoms with van der Waals surface area (Å²) in [6, 6.07) is 7.79. The maximum atomic E-state index is 12.6. The fourth-order valence-electron chi connectivity index (χ4n) is 2.75. The van der Waals surface area contributed by atoms with Crippen LogP contribution in [0.25, 0.3) is 0 Å². The zero-order valence-corrected chi connectivity index (χ0v) is 14.4. The number of allylic oxidation sites excluding steroid dienone is 2. The smallest absolute Gasteiger partial charge is 0.209 e. The molecule has 0 bridgehead atoms. The topological polar surface area (TPSA) is 41.5 Å². The van der Waals surface area contributed by atoms with E-state index in [2.05, 4.69) is 19.2 Å². The molecular weight excluding hydrogens is 284 g/mol. The van der Waals surface area contributed by atoms with Crippen LogP contribution in [0.2, 0.25) is 0 Å². The molecule has 3 nitrogen and oxygen atoms in total. The lowest BCUT2D eigenvalue weighted by Gasteiger charge is -2.19. The second-order valence-electron chi connectivity index (χ2n) is 6.04. The molecule has 1 aromatic rings. The molecule has 0 aromatic heterocycles. The van der Waals surface area contributed by atoms with E-state index in [4.69, 9.17) is 4.99 Å². The van der Waals surface area contributed by atoms with Crippen LogP contribution in [-0.4, -0.2) is 24.6 Å². The van der Waals surface area contributed by atoms with E-state index in [0.717, 1.165) is 42.8 Å². The van der Waals surface area contributed by atoms with Gasteiger partial charge in [0.15, 0.2) is 0 Å². The molecule has 0 fully saturated rings. The summed E-state index contributed by atoms with van der Waals surface area (Å²) < 4.78 is 0. The molecule has 23 heavy (non-hydrogen) atoms. The molecule has 0 aliphatic heterocycles. The monoisotopic (exact) mass is 312 g/mol. The number of carbonyl (C=O) groups is 1. The number of nitrogens with zero attached hydrogens (tertiary/aromatic N) is 1. The normalized spacial score (nSPS) is 15.5. The van der Waals surface area contributed by atoms with Crippen LogP contribution in [0.15, 0.2) is 41.0 Å². The molecule has 1 aromatic carbocycles. The molecule has 0 radical (unpaired) electrons. The number of fused-ring (bicyclic) bond motifs is 1. The average molecular weight is 312 g/mol. The number of aliphatic imine (C=N–C) groups is 1. The summed E-state index contributed by atoms with van der Waals surface area (Å²) >= 11 is 0. The van der Waals surface area contributed by atoms with Gasteiger partial charge in [0, 0.05) is 24.2 Å². The van der Waals surface area contributed by atoms with Crippen molar-refractivity contribution in [2.45, 2.75) is 52.4 Å². The van der Waals surface area contributed by atoms with E-state index in [0.29, 0.717) is 5.70 Å². The van der Waals surface area contributed by atoms with Gasteiger partial charge in [0.2, 0.25) is 5.78 Å². The molecule has 0 saturated heterocycles. The number of nitrogens with one attached hydrogen (secondary N) is 1. The first-order valence-electron chi connectivity index (χ1n) is 8.92. The van der Waals surface area contributed by atoms with Gasteiger partial charge in [-0.05, 0) is 18.9 Å². The van der Waals surface area contributed by atoms with Gasteiger partial charge in [0.25, 0.3) is 0 Å². The number of Topliss-reactive ketones (excluding diaryl/α,β-unsaturated/α-hetero) is 1. The van der Waals surface area contributed by atoms with Gasteiger partial charge >= 0.3 is 0 Å². The number of unbranched alkanes of at least 4 members (excludes halogenated alkanes) is 4. The summed E-state index contributed by atoms with van der Waals surface area (Å²) in [6.45, 7) is 6.05. The second kappa shape index (κ2) is 9.29. The van der Waals surface area contributed by atoms with Crippen molar-refractivity contribution in [1.29, 1.82) is 0 Å². The van der Waals surface area contributed by atoms with E-state index in [9.17, 15) is 4.79 Å². The molecule has 124 valence electrons. The third-order valence-corrected chi connectivity index (χ3v) is 4.11. The Morgan fingerprint density at radius 3 is 2.39 bits per heavy atom. The standard InChI is InChI=1S/C20H28N2O/c1-3-5-9-13-21-18-15-19(22-14-10-6-4-2)20(23)17-12-8-7-11-16(17)18/h7-8,11-12,15,22H,3-6,9-10,13-14H2,1-2H3. The lowest BCUT2D eigenvalue weighted by atomic mass is 9.92. The Morgan fingerprint density at radius 1 is 0.957 bits per heavy atom. The molecule has 0 atom stereocenters. The number of hydrogen-bond donors (Lipinski definition) is 1. The molecule has 0 unspecified atom stereocenters. The molecule has 0 spiro atoms. The summed E-state index contributed by atoms with van der Waals surface area (Å²) in [5.41, 5.74) is 3.36. The van der Waals surface area contributed by atoms with Crippen molar-refractivity contribution in [2.75, 3.05) is 13.1 Å². The van der Waals surface area contributed by atoms with Gasteiger partial charge in [0.1, 0.15) is 0 Å². The highest BCUT2D eigenvalue weighted by Gasteiger charge is 2.23. The molecule has 3 heteroatoms. The Bertz CT molecular complexity index is 587. The van der Waals surface area contributed by atoms with E-state index < -0.39 is 0 Å². The minimum absolute atomic E-state index is 0.0876. The summed E-state index contributed by atoms with van der Waals surface area (Å²) in [5.74, 6) is 0.0876. The Morgan fingerprint density at radius 2 is 1.65 bits per heavy atom. The Hall–Kier alpha value is -1.90. The number of rotatable bonds is 9. The van der Waals surface area contributed by atoms with Crippen LogP contribution in [0, 0.1) is 0 Å². The van der Waals surface area contributed by atoms with Crippen molar-refractivity contribution in [3.05, 3.63) is 47.2 Å². The SMILES string of the molecule is CCCCCN=C1C=C(NCCCCC)C(=O)c2ccccc21. The second-order valence-corrected chi connectivity index (χ2v) is 6.04. The minimum Gasteiger partial charge on any atom is -0.382 e. The molecule has 1 aliphatic rings. The van der Waals surface area contributed by atoms with Gasteiger partial charge in [-0.3, -0.25) is 9.79 Å². The largest absolute Gasteiger partial charge is 0.382 e. The van der Waals surface area contributed by atoms with Gasteiger partial charge in [-0.1, -0.05) is 63.8 Å². The molecular formula is C20H28N2O. The first kappa shape index (κ1) is 17.5. The highest BCUT2D eigenvalue weighted by molar-refractivity contribution is 6.25. The van der Waals surface area contributed by atoms with E-state index in [-0.39, 0.29) is 5.78 Å². The van der Waals surface area contributed by atoms with E-state index in [1.165, 1.54) is 25.7 Å². The Labute approximate surface area is 139 Å². The highest BCUT2D eigenvalue weighted by atomic mass is 16.1. The lowest BCUT2D eigenvalue weighted by molar-refractivity contribution is 0.102. The minimum atomic E-state index is 0.0876. The maximum Gasteiger partial charge on any atom is 0.209 e. The zero-order valence-electron chi connectivity index (χ0n) is 14.4. The summed E-state index contributed by atoms with van der Waals surface area (Å²) in [5, 5.41) is 3.31. The van der Waals surface area contributed by atoms with Crippen LogP contribution < -0.4 is 5.32 Å². The van der Waals surface area contributed by atoms with Gasteiger partial charge in [-0.2, -0.15) is 0 Å². The predicted molar refractivity (Wildman–Crippen MR) is 97.3 cm³/mol. The highest BCUT2D eigenvalue weighted by Crippen LogP contribution is 2.21. The van der Waals surface area contributed by atoms with E-state index in [1.807, 2.05) is 30.3 Å². The van der Waals surface area contributed by atoms with Crippen LogP contribution in [0.1, 0.15) is 68.3 Å². The van der Waals surface area contributed by atoms with Gasteiger partial charge in [-0.15, -0.1) is 0 Å². The van der Waals surface area contributed by atoms with Gasteiger partial charge in [0.05, 0.1) is 11.4 Å². The fraction of sp³-hybridized carbons (Fsp3) is 0.500. The molecule has 0 heterocycles. The summed E-state index contributed by atoms with van der Waals surface area (Å²) in [4.78, 5) is 17.4. The number of benzene rings is 1. The quantitative estimate of drug-likeness (QED) is 0.681. The molecule has 2 rings (SSSR count). The fourth-order valence-corrected chi connectivity index (χ4v) is 2.75. The number of ketones is 1. The molecule has 0 saturated carbocycles. The summed E-state index contributed by atoms with van der Waals surface area (Å²) in [7, 11) is 0. The van der Waals surface area contributed by atoms with Crippen molar-refractivity contribution < 1.29 is 4.79 Å². The van der Waals surface area contributed by atoms with E-state index in [1.54, 1.807) is 0 Å². The Balaban J connectivity index is 2.15. The first-order valence-corrected chi connectivity index (χ1v) is 8.92. The van der Waals surface area contributed by atoms with Gasteiger partial charge in [-0.25, -0.2) is 0 Å². The number of hydrogen-bond acceptors (Lipinski definition) is 3. The van der Waals surface area contributed by atoms with Crippen LogP contribution >= 0.6 is 0 Å². The molecule has 1 aliphatic carbocycles. The third kappa shape index (κ3) is 4.78. The van der Waals surface area contributed by atoms with Gasteiger partial charge < -0.3 is 5.32 Å². The summed E-state index contributed by atoms with van der Waals surface area (Å²) in [6.07, 6.45) is 8.88. The molecule has 0 amide bonds. The van der Waals surface area contributed by atoms with Crippen molar-refractivity contribution in [2.24, 2.45) is 4.99 Å². The van der Waals surface area contributed by atoms with Crippen molar-refractivity contribution >= 4 is 11.5 Å².